The second-order valence-corrected chi connectivity index (χ2v) is 7.60. The molecule has 0 amide bonds. The molecule has 0 N–H and O–H groups in total. The summed E-state index contributed by atoms with van der Waals surface area (Å²) in [5, 5.41) is 1.11. The highest BCUT2D eigenvalue weighted by atomic mass is 35.5. The number of halogens is 1. The fraction of sp³-hybridized carbons (Fsp3) is 0.0952. The number of pyridine rings is 1. The molecule has 0 saturated carbocycles. The van der Waals surface area contributed by atoms with Gasteiger partial charge in [0.15, 0.2) is 0 Å². The van der Waals surface area contributed by atoms with E-state index in [4.69, 9.17) is 21.3 Å². The third kappa shape index (κ3) is 3.53. The van der Waals surface area contributed by atoms with Gasteiger partial charge in [-0.05, 0) is 43.3 Å². The molecule has 4 aromatic rings. The Balaban J connectivity index is 1.72. The fourth-order valence-electron chi connectivity index (χ4n) is 2.74. The Bertz CT molecular complexity index is 1020. The largest absolute Gasteiger partial charge is 0.489 e. The van der Waals surface area contributed by atoms with Crippen molar-refractivity contribution in [3.8, 4) is 16.3 Å². The van der Waals surface area contributed by atoms with Gasteiger partial charge in [0.2, 0.25) is 0 Å². The van der Waals surface area contributed by atoms with Crippen molar-refractivity contribution in [2.45, 2.75) is 13.5 Å². The molecule has 0 saturated heterocycles. The van der Waals surface area contributed by atoms with Crippen molar-refractivity contribution < 1.29 is 4.74 Å². The van der Waals surface area contributed by atoms with Crippen molar-refractivity contribution in [3.63, 3.8) is 0 Å². The summed E-state index contributed by atoms with van der Waals surface area (Å²) in [5.41, 5.74) is 4.23. The van der Waals surface area contributed by atoms with Crippen LogP contribution in [0.2, 0.25) is 4.34 Å². The Morgan fingerprint density at radius 2 is 1.80 bits per heavy atom. The lowest BCUT2D eigenvalue weighted by atomic mass is 10.1. The zero-order valence-corrected chi connectivity index (χ0v) is 15.3. The van der Waals surface area contributed by atoms with Crippen molar-refractivity contribution >= 4 is 33.8 Å². The maximum atomic E-state index is 6.09. The Morgan fingerprint density at radius 1 is 1.00 bits per heavy atom. The van der Waals surface area contributed by atoms with Gasteiger partial charge in [-0.15, -0.1) is 11.3 Å². The third-order valence-corrected chi connectivity index (χ3v) is 5.30. The molecule has 0 spiro atoms. The van der Waals surface area contributed by atoms with Gasteiger partial charge in [-0.25, -0.2) is 4.98 Å². The summed E-state index contributed by atoms with van der Waals surface area (Å²) in [6.07, 6.45) is 0. The van der Waals surface area contributed by atoms with Crippen LogP contribution in [0.4, 0.5) is 0 Å². The average molecular weight is 366 g/mol. The lowest BCUT2D eigenvalue weighted by molar-refractivity contribution is 0.307. The lowest BCUT2D eigenvalue weighted by Crippen LogP contribution is -1.98. The Hall–Kier alpha value is -2.36. The monoisotopic (exact) mass is 365 g/mol. The van der Waals surface area contributed by atoms with E-state index in [1.54, 1.807) is 0 Å². The Morgan fingerprint density at radius 3 is 2.56 bits per heavy atom. The SMILES string of the molecule is Cc1ccc(OCc2cc(-c3ccc(Cl)s3)nc3ccccc23)cc1. The molecule has 2 aromatic carbocycles. The molecule has 0 aliphatic rings. The number of nitrogens with zero attached hydrogens (tertiary/aromatic N) is 1. The van der Waals surface area contributed by atoms with Gasteiger partial charge in [-0.3, -0.25) is 0 Å². The van der Waals surface area contributed by atoms with Gasteiger partial charge >= 0.3 is 0 Å². The topological polar surface area (TPSA) is 22.1 Å². The average Bonchev–Trinajstić information content (AvgIpc) is 3.07. The first-order chi connectivity index (χ1) is 12.2. The second kappa shape index (κ2) is 6.87. The van der Waals surface area contributed by atoms with Crippen molar-refractivity contribution in [1.82, 2.24) is 4.98 Å². The van der Waals surface area contributed by atoms with Crippen molar-refractivity contribution in [1.29, 1.82) is 0 Å². The summed E-state index contributed by atoms with van der Waals surface area (Å²) < 4.78 is 6.77. The van der Waals surface area contributed by atoms with E-state index in [1.807, 2.05) is 42.5 Å². The molecule has 0 aliphatic heterocycles. The number of aryl methyl sites for hydroxylation is 1. The highest BCUT2D eigenvalue weighted by molar-refractivity contribution is 7.19. The molecule has 2 nitrogen and oxygen atoms in total. The number of hydrogen-bond acceptors (Lipinski definition) is 3. The molecular formula is C21H16ClNOS. The van der Waals surface area contributed by atoms with Crippen LogP contribution in [0.5, 0.6) is 5.75 Å². The molecular weight excluding hydrogens is 350 g/mol. The van der Waals surface area contributed by atoms with E-state index in [0.29, 0.717) is 6.61 Å². The van der Waals surface area contributed by atoms with E-state index in [1.165, 1.54) is 16.9 Å². The van der Waals surface area contributed by atoms with Crippen LogP contribution in [0.15, 0.2) is 66.7 Å². The number of rotatable bonds is 4. The van der Waals surface area contributed by atoms with E-state index in [9.17, 15) is 0 Å². The van der Waals surface area contributed by atoms with Gasteiger partial charge in [0, 0.05) is 10.9 Å². The van der Waals surface area contributed by atoms with Crippen LogP contribution in [0.1, 0.15) is 11.1 Å². The second-order valence-electron chi connectivity index (χ2n) is 5.89. The minimum absolute atomic E-state index is 0.498. The van der Waals surface area contributed by atoms with Gasteiger partial charge in [-0.1, -0.05) is 47.5 Å². The molecule has 25 heavy (non-hydrogen) atoms. The summed E-state index contributed by atoms with van der Waals surface area (Å²) in [6.45, 7) is 2.57. The van der Waals surface area contributed by atoms with Gasteiger partial charge in [0.05, 0.1) is 20.4 Å². The number of hydrogen-bond donors (Lipinski definition) is 0. The van der Waals surface area contributed by atoms with E-state index < -0.39 is 0 Å². The van der Waals surface area contributed by atoms with Crippen molar-refractivity contribution in [2.24, 2.45) is 0 Å². The number of ether oxygens (including phenoxy) is 1. The van der Waals surface area contributed by atoms with Gasteiger partial charge in [0.25, 0.3) is 0 Å². The predicted octanol–water partition coefficient (Wildman–Crippen LogP) is 6.50. The van der Waals surface area contributed by atoms with Crippen LogP contribution >= 0.6 is 22.9 Å². The molecule has 2 aromatic heterocycles. The smallest absolute Gasteiger partial charge is 0.119 e. The maximum Gasteiger partial charge on any atom is 0.119 e. The highest BCUT2D eigenvalue weighted by Gasteiger charge is 2.10. The van der Waals surface area contributed by atoms with E-state index in [0.717, 1.165) is 37.1 Å². The van der Waals surface area contributed by atoms with Gasteiger partial charge < -0.3 is 4.74 Å². The first-order valence-corrected chi connectivity index (χ1v) is 9.22. The van der Waals surface area contributed by atoms with Crippen LogP contribution in [-0.4, -0.2) is 4.98 Å². The van der Waals surface area contributed by atoms with E-state index in [-0.39, 0.29) is 0 Å². The number of aromatic nitrogens is 1. The third-order valence-electron chi connectivity index (χ3n) is 4.04. The van der Waals surface area contributed by atoms with E-state index in [2.05, 4.69) is 31.2 Å². The molecule has 0 aliphatic carbocycles. The lowest BCUT2D eigenvalue weighted by Gasteiger charge is -2.11. The molecule has 0 bridgehead atoms. The zero-order valence-electron chi connectivity index (χ0n) is 13.7. The standard InChI is InChI=1S/C21H16ClNOS/c1-14-6-8-16(9-7-14)24-13-15-12-19(20-10-11-21(22)25-20)23-18-5-3-2-4-17(15)18/h2-12H,13H2,1H3. The summed E-state index contributed by atoms with van der Waals surface area (Å²) in [5.74, 6) is 0.868. The zero-order chi connectivity index (χ0) is 17.2. The predicted molar refractivity (Wildman–Crippen MR) is 106 cm³/mol. The molecule has 4 rings (SSSR count). The Kier molecular flexibility index (Phi) is 4.43. The van der Waals surface area contributed by atoms with Crippen LogP contribution in [0, 0.1) is 6.92 Å². The van der Waals surface area contributed by atoms with Crippen LogP contribution in [0.25, 0.3) is 21.5 Å². The first-order valence-electron chi connectivity index (χ1n) is 8.03. The summed E-state index contributed by atoms with van der Waals surface area (Å²) >= 11 is 7.62. The van der Waals surface area contributed by atoms with Gasteiger partial charge in [0.1, 0.15) is 12.4 Å². The minimum atomic E-state index is 0.498. The molecule has 4 heteroatoms. The summed E-state index contributed by atoms with van der Waals surface area (Å²) in [7, 11) is 0. The number of benzene rings is 2. The van der Waals surface area contributed by atoms with Crippen LogP contribution < -0.4 is 4.74 Å². The highest BCUT2D eigenvalue weighted by Crippen LogP contribution is 2.32. The number of para-hydroxylation sites is 1. The minimum Gasteiger partial charge on any atom is -0.489 e. The van der Waals surface area contributed by atoms with E-state index >= 15 is 0 Å². The first kappa shape index (κ1) is 16.1. The molecule has 0 radical (unpaired) electrons. The summed E-state index contributed by atoms with van der Waals surface area (Å²) in [6, 6.07) is 22.3. The van der Waals surface area contributed by atoms with Gasteiger partial charge in [-0.2, -0.15) is 0 Å². The number of fused-ring (bicyclic) bond motifs is 1. The molecule has 2 heterocycles. The maximum absolute atomic E-state index is 6.09. The summed E-state index contributed by atoms with van der Waals surface area (Å²) in [4.78, 5) is 5.84. The fourth-order valence-corrected chi connectivity index (χ4v) is 3.74. The van der Waals surface area contributed by atoms with Crippen molar-refractivity contribution in [3.05, 3.63) is 82.2 Å². The normalized spacial score (nSPS) is 11.0. The number of thiophene rings is 1. The van der Waals surface area contributed by atoms with Crippen LogP contribution in [0.3, 0.4) is 0 Å². The molecule has 124 valence electrons. The van der Waals surface area contributed by atoms with Crippen LogP contribution in [-0.2, 0) is 6.61 Å². The molecule has 0 atom stereocenters. The quantitative estimate of drug-likeness (QED) is 0.411. The van der Waals surface area contributed by atoms with Crippen molar-refractivity contribution in [2.75, 3.05) is 0 Å². The Labute approximate surface area is 155 Å². The molecule has 0 fully saturated rings. The molecule has 0 unspecified atom stereocenters.